The Kier molecular flexibility index (Phi) is 4.72. The summed E-state index contributed by atoms with van der Waals surface area (Å²) in [6.07, 6.45) is 0. The molecule has 0 aliphatic rings. The van der Waals surface area contributed by atoms with Crippen molar-refractivity contribution in [1.29, 1.82) is 5.26 Å². The second kappa shape index (κ2) is 6.71. The Bertz CT molecular complexity index is 778. The summed E-state index contributed by atoms with van der Waals surface area (Å²) in [6, 6.07) is 14.3. The van der Waals surface area contributed by atoms with Crippen molar-refractivity contribution in [2.24, 2.45) is 0 Å². The molecule has 1 unspecified atom stereocenters. The first-order valence-electron chi connectivity index (χ1n) is 6.95. The highest BCUT2D eigenvalue weighted by molar-refractivity contribution is 5.94. The van der Waals surface area contributed by atoms with Crippen LogP contribution in [0.3, 0.4) is 0 Å². The Balaban J connectivity index is 2.22. The molecule has 1 amide bonds. The molecule has 0 saturated heterocycles. The van der Waals surface area contributed by atoms with Gasteiger partial charge in [0.15, 0.2) is 0 Å². The number of nitrogens with zero attached hydrogens (tertiary/aromatic N) is 3. The van der Waals surface area contributed by atoms with Crippen molar-refractivity contribution in [3.63, 3.8) is 0 Å². The van der Waals surface area contributed by atoms with Crippen LogP contribution in [0.4, 0.5) is 5.69 Å². The molecular formula is C17H15N3O3. The Morgan fingerprint density at radius 2 is 1.91 bits per heavy atom. The lowest BCUT2D eigenvalue weighted by Gasteiger charge is -2.25. The lowest BCUT2D eigenvalue weighted by Crippen LogP contribution is -2.29. The summed E-state index contributed by atoms with van der Waals surface area (Å²) in [4.78, 5) is 24.4. The van der Waals surface area contributed by atoms with Gasteiger partial charge in [0.2, 0.25) is 0 Å². The third-order valence-electron chi connectivity index (χ3n) is 3.73. The number of carbonyl (C=O) groups is 1. The molecule has 0 heterocycles. The zero-order valence-electron chi connectivity index (χ0n) is 12.8. The molecule has 0 aliphatic heterocycles. The first-order chi connectivity index (χ1) is 10.9. The first-order valence-corrected chi connectivity index (χ1v) is 6.95. The van der Waals surface area contributed by atoms with Crippen LogP contribution < -0.4 is 0 Å². The van der Waals surface area contributed by atoms with E-state index in [0.717, 1.165) is 0 Å². The molecule has 23 heavy (non-hydrogen) atoms. The van der Waals surface area contributed by atoms with E-state index >= 15 is 0 Å². The van der Waals surface area contributed by atoms with Gasteiger partial charge in [-0.25, -0.2) is 0 Å². The smallest absolute Gasteiger partial charge is 0.269 e. The number of nitro groups is 1. The highest BCUT2D eigenvalue weighted by Crippen LogP contribution is 2.24. The average molecular weight is 309 g/mol. The minimum atomic E-state index is -0.460. The second-order valence-electron chi connectivity index (χ2n) is 5.13. The van der Waals surface area contributed by atoms with Gasteiger partial charge in [-0.15, -0.1) is 0 Å². The molecule has 0 bridgehead atoms. The van der Waals surface area contributed by atoms with Crippen molar-refractivity contribution < 1.29 is 9.72 Å². The van der Waals surface area contributed by atoms with Gasteiger partial charge >= 0.3 is 0 Å². The van der Waals surface area contributed by atoms with Crippen LogP contribution in [0.2, 0.25) is 0 Å². The molecule has 0 fully saturated rings. The van der Waals surface area contributed by atoms with Crippen LogP contribution in [-0.2, 0) is 0 Å². The van der Waals surface area contributed by atoms with E-state index in [0.29, 0.717) is 16.7 Å². The normalized spacial score (nSPS) is 11.3. The van der Waals surface area contributed by atoms with E-state index in [2.05, 4.69) is 0 Å². The molecule has 0 aromatic heterocycles. The van der Waals surface area contributed by atoms with Gasteiger partial charge in [-0.1, -0.05) is 12.1 Å². The topological polar surface area (TPSA) is 87.2 Å². The van der Waals surface area contributed by atoms with E-state index in [4.69, 9.17) is 5.26 Å². The fourth-order valence-electron chi connectivity index (χ4n) is 2.19. The molecule has 0 spiro atoms. The van der Waals surface area contributed by atoms with Crippen molar-refractivity contribution in [2.45, 2.75) is 13.0 Å². The van der Waals surface area contributed by atoms with Gasteiger partial charge in [0, 0.05) is 24.7 Å². The molecule has 6 nitrogen and oxygen atoms in total. The van der Waals surface area contributed by atoms with E-state index in [9.17, 15) is 14.9 Å². The minimum Gasteiger partial charge on any atom is -0.335 e. The molecule has 0 saturated carbocycles. The lowest BCUT2D eigenvalue weighted by molar-refractivity contribution is -0.384. The monoisotopic (exact) mass is 309 g/mol. The van der Waals surface area contributed by atoms with Gasteiger partial charge in [-0.05, 0) is 36.8 Å². The Labute approximate surface area is 133 Å². The fraction of sp³-hybridized carbons (Fsp3) is 0.176. The van der Waals surface area contributed by atoms with Crippen LogP contribution in [-0.4, -0.2) is 22.8 Å². The number of non-ortho nitro benzene ring substituents is 1. The number of carbonyl (C=O) groups excluding carboxylic acids is 1. The second-order valence-corrected chi connectivity index (χ2v) is 5.13. The van der Waals surface area contributed by atoms with Gasteiger partial charge in [0.25, 0.3) is 11.6 Å². The van der Waals surface area contributed by atoms with Crippen LogP contribution in [0.15, 0.2) is 48.5 Å². The molecule has 0 aliphatic carbocycles. The van der Waals surface area contributed by atoms with E-state index in [-0.39, 0.29) is 17.6 Å². The predicted octanol–water partition coefficient (Wildman–Crippen LogP) is 3.30. The van der Waals surface area contributed by atoms with Crippen molar-refractivity contribution in [1.82, 2.24) is 4.90 Å². The maximum atomic E-state index is 12.5. The average Bonchev–Trinajstić information content (AvgIpc) is 2.60. The minimum absolute atomic E-state index is 0.00595. The molecule has 6 heteroatoms. The Hall–Kier alpha value is -3.20. The van der Waals surface area contributed by atoms with Gasteiger partial charge in [-0.3, -0.25) is 14.9 Å². The van der Waals surface area contributed by atoms with E-state index < -0.39 is 4.92 Å². The number of amides is 1. The third kappa shape index (κ3) is 3.52. The standard InChI is InChI=1S/C17H15N3O3/c1-12(15-4-3-5-16(10-15)20(22)23)19(2)17(21)14-8-6-13(11-18)7-9-14/h3-10,12H,1-2H3. The highest BCUT2D eigenvalue weighted by Gasteiger charge is 2.20. The van der Waals surface area contributed by atoms with Gasteiger partial charge in [-0.2, -0.15) is 5.26 Å². The number of hydrogen-bond donors (Lipinski definition) is 0. The largest absolute Gasteiger partial charge is 0.335 e. The summed E-state index contributed by atoms with van der Waals surface area (Å²) in [5.74, 6) is -0.214. The quantitative estimate of drug-likeness (QED) is 0.640. The van der Waals surface area contributed by atoms with Crippen LogP contribution in [0, 0.1) is 21.4 Å². The zero-order valence-corrected chi connectivity index (χ0v) is 12.8. The van der Waals surface area contributed by atoms with Gasteiger partial charge in [0.05, 0.1) is 22.6 Å². The predicted molar refractivity (Wildman–Crippen MR) is 84.8 cm³/mol. The van der Waals surface area contributed by atoms with Crippen LogP contribution in [0.25, 0.3) is 0 Å². The maximum Gasteiger partial charge on any atom is 0.269 e. The molecule has 2 aromatic rings. The third-order valence-corrected chi connectivity index (χ3v) is 3.73. The molecule has 116 valence electrons. The summed E-state index contributed by atoms with van der Waals surface area (Å²) in [5, 5.41) is 19.6. The number of hydrogen-bond acceptors (Lipinski definition) is 4. The Morgan fingerprint density at radius 1 is 1.26 bits per heavy atom. The van der Waals surface area contributed by atoms with E-state index in [1.54, 1.807) is 50.4 Å². The van der Waals surface area contributed by atoms with Crippen LogP contribution in [0.1, 0.15) is 34.5 Å². The number of nitriles is 1. The zero-order chi connectivity index (χ0) is 17.0. The van der Waals surface area contributed by atoms with E-state index in [1.165, 1.54) is 17.0 Å². The SMILES string of the molecule is CC(c1cccc([N+](=O)[O-])c1)N(C)C(=O)c1ccc(C#N)cc1. The van der Waals surface area contributed by atoms with Crippen molar-refractivity contribution in [3.05, 3.63) is 75.3 Å². The van der Waals surface area contributed by atoms with E-state index in [1.807, 2.05) is 6.07 Å². The summed E-state index contributed by atoms with van der Waals surface area (Å²) < 4.78 is 0. The number of rotatable bonds is 4. The van der Waals surface area contributed by atoms with Gasteiger partial charge < -0.3 is 4.90 Å². The van der Waals surface area contributed by atoms with Gasteiger partial charge in [0.1, 0.15) is 0 Å². The molecule has 1 atom stereocenters. The summed E-state index contributed by atoms with van der Waals surface area (Å²) >= 11 is 0. The molecule has 2 aromatic carbocycles. The van der Waals surface area contributed by atoms with Crippen LogP contribution >= 0.6 is 0 Å². The molecule has 0 N–H and O–H groups in total. The van der Waals surface area contributed by atoms with Crippen molar-refractivity contribution in [2.75, 3.05) is 7.05 Å². The highest BCUT2D eigenvalue weighted by atomic mass is 16.6. The number of benzene rings is 2. The van der Waals surface area contributed by atoms with Crippen molar-refractivity contribution >= 4 is 11.6 Å². The molecule has 2 rings (SSSR count). The molecular weight excluding hydrogens is 294 g/mol. The Morgan fingerprint density at radius 3 is 2.48 bits per heavy atom. The van der Waals surface area contributed by atoms with Crippen molar-refractivity contribution in [3.8, 4) is 6.07 Å². The summed E-state index contributed by atoms with van der Waals surface area (Å²) in [5.41, 5.74) is 1.62. The number of nitro benzene ring substituents is 1. The van der Waals surface area contributed by atoms with Crippen LogP contribution in [0.5, 0.6) is 0 Å². The maximum absolute atomic E-state index is 12.5. The summed E-state index contributed by atoms with van der Waals surface area (Å²) in [6.45, 7) is 1.81. The fourth-order valence-corrected chi connectivity index (χ4v) is 2.19. The lowest BCUT2D eigenvalue weighted by atomic mass is 10.0. The summed E-state index contributed by atoms with van der Waals surface area (Å²) in [7, 11) is 1.64. The first kappa shape index (κ1) is 16.2. The molecule has 0 radical (unpaired) electrons.